The molecule has 0 aliphatic rings. The van der Waals surface area contributed by atoms with Crippen molar-refractivity contribution in [2.24, 2.45) is 0 Å². The van der Waals surface area contributed by atoms with Gasteiger partial charge in [-0.2, -0.15) is 0 Å². The highest BCUT2D eigenvalue weighted by atomic mass is 32.1. The third kappa shape index (κ3) is 2.80. The van der Waals surface area contributed by atoms with Gasteiger partial charge in [-0.05, 0) is 19.9 Å². The van der Waals surface area contributed by atoms with E-state index in [4.69, 9.17) is 5.11 Å². The van der Waals surface area contributed by atoms with Crippen LogP contribution in [0.4, 0.5) is 0 Å². The first-order valence-corrected chi connectivity index (χ1v) is 8.37. The van der Waals surface area contributed by atoms with Crippen LogP contribution in [0.2, 0.25) is 0 Å². The molecular weight excluding hydrogens is 328 g/mol. The Balaban J connectivity index is 1.83. The van der Waals surface area contributed by atoms with Crippen LogP contribution < -0.4 is 0 Å². The minimum absolute atomic E-state index is 0.187. The maximum atomic E-state index is 12.6. The van der Waals surface area contributed by atoms with Crippen LogP contribution in [0.15, 0.2) is 23.8 Å². The molecule has 24 heavy (non-hydrogen) atoms. The van der Waals surface area contributed by atoms with Crippen molar-refractivity contribution in [1.82, 2.24) is 19.4 Å². The molecule has 0 unspecified atom stereocenters. The van der Waals surface area contributed by atoms with Crippen molar-refractivity contribution in [2.45, 2.75) is 26.4 Å². The van der Waals surface area contributed by atoms with Crippen LogP contribution in [0.1, 0.15) is 46.6 Å². The molecular formula is C16H18N4O3S. The molecule has 0 saturated carbocycles. The van der Waals surface area contributed by atoms with Crippen LogP contribution in [0.25, 0.3) is 10.2 Å². The van der Waals surface area contributed by atoms with E-state index >= 15 is 0 Å². The van der Waals surface area contributed by atoms with Crippen molar-refractivity contribution >= 4 is 33.4 Å². The number of hydrogen-bond donors (Lipinski definition) is 2. The van der Waals surface area contributed by atoms with Crippen LogP contribution in [0.5, 0.6) is 0 Å². The number of rotatable bonds is 5. The second-order valence-corrected chi connectivity index (χ2v) is 6.79. The lowest BCUT2D eigenvalue weighted by Crippen LogP contribution is -2.28. The van der Waals surface area contributed by atoms with Gasteiger partial charge in [-0.25, -0.2) is 9.78 Å². The van der Waals surface area contributed by atoms with Gasteiger partial charge in [-0.3, -0.25) is 4.79 Å². The first-order valence-electron chi connectivity index (χ1n) is 7.49. The van der Waals surface area contributed by atoms with Gasteiger partial charge < -0.3 is 19.6 Å². The summed E-state index contributed by atoms with van der Waals surface area (Å²) in [5.74, 6) is -0.400. The standard InChI is InChI=1S/C16H18N4O3S/c1-9(2)20-5-4-17-13(20)7-19(3)15(21)11-6-12-14(18-11)10(8-24-12)16(22)23/h4-6,8-9,18H,7H2,1-3H3,(H,22,23). The molecule has 0 atom stereocenters. The number of carbonyl (C=O) groups is 2. The van der Waals surface area contributed by atoms with E-state index in [2.05, 4.69) is 23.8 Å². The number of carbonyl (C=O) groups excluding carboxylic acids is 1. The summed E-state index contributed by atoms with van der Waals surface area (Å²) in [5.41, 5.74) is 1.06. The molecule has 3 rings (SSSR count). The molecule has 0 fully saturated rings. The molecule has 7 nitrogen and oxygen atoms in total. The molecule has 3 aromatic heterocycles. The quantitative estimate of drug-likeness (QED) is 0.743. The topological polar surface area (TPSA) is 91.2 Å². The smallest absolute Gasteiger partial charge is 0.338 e. The van der Waals surface area contributed by atoms with E-state index in [-0.39, 0.29) is 17.5 Å². The monoisotopic (exact) mass is 346 g/mol. The zero-order valence-electron chi connectivity index (χ0n) is 13.6. The summed E-state index contributed by atoms with van der Waals surface area (Å²) in [5, 5.41) is 10.7. The molecule has 8 heteroatoms. The maximum absolute atomic E-state index is 12.6. The molecule has 3 heterocycles. The fourth-order valence-corrected chi connectivity index (χ4v) is 3.54. The Morgan fingerprint density at radius 3 is 2.88 bits per heavy atom. The number of nitrogens with zero attached hydrogens (tertiary/aromatic N) is 3. The Morgan fingerprint density at radius 2 is 2.21 bits per heavy atom. The molecule has 2 N–H and O–H groups in total. The predicted octanol–water partition coefficient (Wildman–Crippen LogP) is 2.98. The minimum Gasteiger partial charge on any atom is -0.478 e. The number of aromatic carboxylic acids is 1. The lowest BCUT2D eigenvalue weighted by molar-refractivity contribution is 0.0697. The highest BCUT2D eigenvalue weighted by molar-refractivity contribution is 7.17. The van der Waals surface area contributed by atoms with Crippen molar-refractivity contribution in [2.75, 3.05) is 7.05 Å². The van der Waals surface area contributed by atoms with Crippen LogP contribution in [-0.4, -0.2) is 43.5 Å². The van der Waals surface area contributed by atoms with E-state index in [1.54, 1.807) is 29.6 Å². The molecule has 0 aliphatic heterocycles. The molecule has 3 aromatic rings. The van der Waals surface area contributed by atoms with Gasteiger partial charge >= 0.3 is 5.97 Å². The van der Waals surface area contributed by atoms with Gasteiger partial charge in [0.2, 0.25) is 0 Å². The summed E-state index contributed by atoms with van der Waals surface area (Å²) < 4.78 is 2.77. The number of carboxylic acids is 1. The van der Waals surface area contributed by atoms with Gasteiger partial charge in [-0.15, -0.1) is 11.3 Å². The maximum Gasteiger partial charge on any atom is 0.338 e. The van der Waals surface area contributed by atoms with Crippen molar-refractivity contribution in [3.05, 3.63) is 40.9 Å². The van der Waals surface area contributed by atoms with E-state index in [1.807, 2.05) is 10.8 Å². The van der Waals surface area contributed by atoms with Gasteiger partial charge in [0.1, 0.15) is 11.5 Å². The van der Waals surface area contributed by atoms with Gasteiger partial charge in [0, 0.05) is 30.9 Å². The van der Waals surface area contributed by atoms with Crippen LogP contribution in [0.3, 0.4) is 0 Å². The van der Waals surface area contributed by atoms with Crippen molar-refractivity contribution in [3.8, 4) is 0 Å². The fraction of sp³-hybridized carbons (Fsp3) is 0.312. The number of carboxylic acid groups (broad SMARTS) is 1. The van der Waals surface area contributed by atoms with Crippen LogP contribution in [-0.2, 0) is 6.54 Å². The SMILES string of the molecule is CC(C)n1ccnc1CN(C)C(=O)c1cc2scc(C(=O)O)c2[nH]1. The third-order valence-corrected chi connectivity index (χ3v) is 4.78. The summed E-state index contributed by atoms with van der Waals surface area (Å²) in [6, 6.07) is 1.96. The Labute approximate surface area is 142 Å². The summed E-state index contributed by atoms with van der Waals surface area (Å²) in [6.07, 6.45) is 3.61. The number of hydrogen-bond acceptors (Lipinski definition) is 4. The minimum atomic E-state index is -1.01. The molecule has 1 amide bonds. The first-order chi connectivity index (χ1) is 11.4. The van der Waals surface area contributed by atoms with Gasteiger partial charge in [0.25, 0.3) is 5.91 Å². The number of amides is 1. The average molecular weight is 346 g/mol. The number of imidazole rings is 1. The largest absolute Gasteiger partial charge is 0.478 e. The molecule has 0 radical (unpaired) electrons. The Morgan fingerprint density at radius 1 is 1.46 bits per heavy atom. The zero-order chi connectivity index (χ0) is 17.4. The molecule has 0 aliphatic carbocycles. The van der Waals surface area contributed by atoms with Crippen molar-refractivity contribution in [3.63, 3.8) is 0 Å². The Kier molecular flexibility index (Phi) is 4.15. The summed E-state index contributed by atoms with van der Waals surface area (Å²) in [4.78, 5) is 32.6. The molecule has 0 bridgehead atoms. The molecule has 126 valence electrons. The Hall–Kier alpha value is -2.61. The lowest BCUT2D eigenvalue weighted by atomic mass is 10.3. The zero-order valence-corrected chi connectivity index (χ0v) is 14.4. The van der Waals surface area contributed by atoms with Crippen molar-refractivity contribution < 1.29 is 14.7 Å². The number of nitrogens with one attached hydrogen (secondary N) is 1. The normalized spacial score (nSPS) is 11.3. The third-order valence-electron chi connectivity index (χ3n) is 3.85. The Bertz CT molecular complexity index is 906. The number of fused-ring (bicyclic) bond motifs is 1. The van der Waals surface area contributed by atoms with E-state index < -0.39 is 5.97 Å². The summed E-state index contributed by atoms with van der Waals surface area (Å²) in [6.45, 7) is 4.49. The summed E-state index contributed by atoms with van der Waals surface area (Å²) >= 11 is 1.30. The molecule has 0 spiro atoms. The van der Waals surface area contributed by atoms with E-state index in [9.17, 15) is 9.59 Å². The molecule has 0 aromatic carbocycles. The highest BCUT2D eigenvalue weighted by Crippen LogP contribution is 2.27. The van der Waals surface area contributed by atoms with Gasteiger partial charge in [0.05, 0.1) is 22.3 Å². The van der Waals surface area contributed by atoms with Crippen molar-refractivity contribution in [1.29, 1.82) is 0 Å². The number of aromatic amines is 1. The summed E-state index contributed by atoms with van der Waals surface area (Å²) in [7, 11) is 1.70. The average Bonchev–Trinajstić information content (AvgIpc) is 3.20. The fourth-order valence-electron chi connectivity index (χ4n) is 2.61. The van der Waals surface area contributed by atoms with E-state index in [0.29, 0.717) is 17.8 Å². The van der Waals surface area contributed by atoms with E-state index in [0.717, 1.165) is 10.5 Å². The van der Waals surface area contributed by atoms with Crippen LogP contribution in [0, 0.1) is 0 Å². The van der Waals surface area contributed by atoms with Gasteiger partial charge in [0.15, 0.2) is 0 Å². The second kappa shape index (κ2) is 6.12. The van der Waals surface area contributed by atoms with Crippen LogP contribution >= 0.6 is 11.3 Å². The number of aromatic nitrogens is 3. The predicted molar refractivity (Wildman–Crippen MR) is 91.5 cm³/mol. The lowest BCUT2D eigenvalue weighted by Gasteiger charge is -2.18. The highest BCUT2D eigenvalue weighted by Gasteiger charge is 2.20. The second-order valence-electron chi connectivity index (χ2n) is 5.88. The first kappa shape index (κ1) is 16.3. The van der Waals surface area contributed by atoms with Gasteiger partial charge in [-0.1, -0.05) is 0 Å². The number of thiophene rings is 1. The molecule has 0 saturated heterocycles. The number of H-pyrrole nitrogens is 1. The van der Waals surface area contributed by atoms with E-state index in [1.165, 1.54) is 11.3 Å².